The van der Waals surface area contributed by atoms with Gasteiger partial charge < -0.3 is 14.8 Å². The molecule has 0 fully saturated rings. The number of hydrogen-bond donors (Lipinski definition) is 1. The first kappa shape index (κ1) is 22.8. The van der Waals surface area contributed by atoms with Gasteiger partial charge in [0, 0.05) is 13.1 Å². The normalized spacial score (nSPS) is 11.0. The van der Waals surface area contributed by atoms with E-state index in [-0.39, 0.29) is 11.5 Å². The summed E-state index contributed by atoms with van der Waals surface area (Å²) in [6, 6.07) is 5.70. The van der Waals surface area contributed by atoms with E-state index in [1.165, 1.54) is 11.3 Å². The predicted octanol–water partition coefficient (Wildman–Crippen LogP) is 3.95. The smallest absolute Gasteiger partial charge is 0.262 e. The number of aromatic nitrogens is 2. The molecule has 0 saturated carbocycles. The van der Waals surface area contributed by atoms with Gasteiger partial charge in [0.25, 0.3) is 11.5 Å². The van der Waals surface area contributed by atoms with Crippen LogP contribution in [0.2, 0.25) is 0 Å². The minimum Gasteiger partial charge on any atom is -0.493 e. The van der Waals surface area contributed by atoms with Crippen LogP contribution in [0.3, 0.4) is 0 Å². The Morgan fingerprint density at radius 3 is 2.68 bits per heavy atom. The molecule has 166 valence electrons. The van der Waals surface area contributed by atoms with Crippen LogP contribution >= 0.6 is 11.3 Å². The van der Waals surface area contributed by atoms with E-state index in [1.807, 2.05) is 25.1 Å². The summed E-state index contributed by atoms with van der Waals surface area (Å²) in [5.41, 5.74) is 1.66. The van der Waals surface area contributed by atoms with Crippen molar-refractivity contribution in [1.29, 1.82) is 0 Å². The van der Waals surface area contributed by atoms with Crippen LogP contribution in [0.5, 0.6) is 11.5 Å². The average molecular weight is 444 g/mol. The molecule has 31 heavy (non-hydrogen) atoms. The standard InChI is InChI=1S/C23H29N3O4S/c1-5-6-7-12-26-14-25-22-19(23(26)28)15(2)20(31-22)21(27)24-11-10-16-8-9-17(29-3)18(13-16)30-4/h8-9,13-14H,5-7,10-12H2,1-4H3,(H,24,27). The lowest BCUT2D eigenvalue weighted by atomic mass is 10.1. The van der Waals surface area contributed by atoms with Gasteiger partial charge in [0.05, 0.1) is 30.8 Å². The van der Waals surface area contributed by atoms with E-state index in [4.69, 9.17) is 9.47 Å². The maximum atomic E-state index is 12.9. The molecule has 2 aromatic heterocycles. The molecule has 3 rings (SSSR count). The molecular weight excluding hydrogens is 414 g/mol. The number of aryl methyl sites for hydroxylation is 2. The van der Waals surface area contributed by atoms with Gasteiger partial charge >= 0.3 is 0 Å². The summed E-state index contributed by atoms with van der Waals surface area (Å²) in [6.07, 6.45) is 5.35. The Morgan fingerprint density at radius 1 is 1.19 bits per heavy atom. The summed E-state index contributed by atoms with van der Waals surface area (Å²) in [4.78, 5) is 31.2. The molecule has 1 amide bonds. The number of nitrogens with one attached hydrogen (secondary N) is 1. The molecule has 0 aliphatic rings. The molecule has 7 nitrogen and oxygen atoms in total. The molecule has 0 spiro atoms. The minimum absolute atomic E-state index is 0.0702. The fraction of sp³-hybridized carbons (Fsp3) is 0.435. The Hall–Kier alpha value is -2.87. The number of nitrogens with zero attached hydrogens (tertiary/aromatic N) is 2. The monoisotopic (exact) mass is 443 g/mol. The first-order valence-electron chi connectivity index (χ1n) is 10.5. The predicted molar refractivity (Wildman–Crippen MR) is 124 cm³/mol. The second-order valence-corrected chi connectivity index (χ2v) is 8.38. The van der Waals surface area contributed by atoms with Crippen LogP contribution in [0.1, 0.15) is 47.0 Å². The molecular formula is C23H29N3O4S. The molecule has 0 saturated heterocycles. The van der Waals surface area contributed by atoms with Gasteiger partial charge in [0.15, 0.2) is 11.5 Å². The van der Waals surface area contributed by atoms with E-state index in [0.717, 1.165) is 24.8 Å². The third kappa shape index (κ3) is 5.07. The number of benzene rings is 1. The van der Waals surface area contributed by atoms with Gasteiger partial charge in [-0.1, -0.05) is 25.8 Å². The molecule has 2 heterocycles. The van der Waals surface area contributed by atoms with E-state index in [2.05, 4.69) is 17.2 Å². The van der Waals surface area contributed by atoms with Gasteiger partial charge in [-0.05, 0) is 43.0 Å². The van der Waals surface area contributed by atoms with Gasteiger partial charge in [0.1, 0.15) is 4.83 Å². The number of thiophene rings is 1. The van der Waals surface area contributed by atoms with Gasteiger partial charge in [-0.25, -0.2) is 4.98 Å². The van der Waals surface area contributed by atoms with Crippen molar-refractivity contribution in [2.75, 3.05) is 20.8 Å². The summed E-state index contributed by atoms with van der Waals surface area (Å²) in [5.74, 6) is 1.15. The molecule has 0 radical (unpaired) electrons. The van der Waals surface area contributed by atoms with E-state index in [1.54, 1.807) is 25.1 Å². The zero-order chi connectivity index (χ0) is 22.4. The average Bonchev–Trinajstić information content (AvgIpc) is 3.12. The molecule has 0 aliphatic carbocycles. The van der Waals surface area contributed by atoms with E-state index in [0.29, 0.717) is 51.7 Å². The molecule has 1 aromatic carbocycles. The molecule has 0 atom stereocenters. The van der Waals surface area contributed by atoms with Gasteiger partial charge in [-0.15, -0.1) is 11.3 Å². The van der Waals surface area contributed by atoms with Crippen molar-refractivity contribution in [1.82, 2.24) is 14.9 Å². The maximum absolute atomic E-state index is 12.9. The van der Waals surface area contributed by atoms with Crippen molar-refractivity contribution in [2.45, 2.75) is 46.1 Å². The van der Waals surface area contributed by atoms with E-state index >= 15 is 0 Å². The Kier molecular flexibility index (Phi) is 7.68. The summed E-state index contributed by atoms with van der Waals surface area (Å²) in [7, 11) is 3.19. The van der Waals surface area contributed by atoms with Crippen LogP contribution in [0.4, 0.5) is 0 Å². The number of fused-ring (bicyclic) bond motifs is 1. The fourth-order valence-corrected chi connectivity index (χ4v) is 4.56. The second kappa shape index (κ2) is 10.4. The van der Waals surface area contributed by atoms with Gasteiger partial charge in [-0.3, -0.25) is 14.2 Å². The lowest BCUT2D eigenvalue weighted by Gasteiger charge is -2.10. The molecule has 1 N–H and O–H groups in total. The minimum atomic E-state index is -0.182. The number of amides is 1. The number of ether oxygens (including phenoxy) is 2. The zero-order valence-corrected chi connectivity index (χ0v) is 19.3. The van der Waals surface area contributed by atoms with Crippen molar-refractivity contribution in [2.24, 2.45) is 0 Å². The number of methoxy groups -OCH3 is 2. The Morgan fingerprint density at radius 2 is 1.97 bits per heavy atom. The first-order valence-corrected chi connectivity index (χ1v) is 11.3. The van der Waals surface area contributed by atoms with E-state index < -0.39 is 0 Å². The highest BCUT2D eigenvalue weighted by Crippen LogP contribution is 2.28. The van der Waals surface area contributed by atoms with Crippen molar-refractivity contribution in [3.8, 4) is 11.5 Å². The number of rotatable bonds is 10. The highest BCUT2D eigenvalue weighted by atomic mass is 32.1. The molecule has 0 aliphatic heterocycles. The lowest BCUT2D eigenvalue weighted by molar-refractivity contribution is 0.0957. The molecule has 3 aromatic rings. The SMILES string of the molecule is CCCCCn1cnc2sc(C(=O)NCCc3ccc(OC)c(OC)c3)c(C)c2c1=O. The van der Waals surface area contributed by atoms with Crippen molar-refractivity contribution < 1.29 is 14.3 Å². The van der Waals surface area contributed by atoms with Gasteiger partial charge in [-0.2, -0.15) is 0 Å². The topological polar surface area (TPSA) is 82.5 Å². The van der Waals surface area contributed by atoms with Crippen LogP contribution in [0.15, 0.2) is 29.3 Å². The number of carbonyl (C=O) groups excluding carboxylic acids is 1. The van der Waals surface area contributed by atoms with Crippen LogP contribution in [-0.2, 0) is 13.0 Å². The third-order valence-corrected chi connectivity index (χ3v) is 6.47. The Bertz CT molecular complexity index is 1120. The summed E-state index contributed by atoms with van der Waals surface area (Å²) < 4.78 is 12.2. The van der Waals surface area contributed by atoms with Crippen LogP contribution < -0.4 is 20.3 Å². The highest BCUT2D eigenvalue weighted by molar-refractivity contribution is 7.20. The first-order chi connectivity index (χ1) is 15.0. The van der Waals surface area contributed by atoms with Crippen LogP contribution in [-0.4, -0.2) is 36.2 Å². The number of unbranched alkanes of at least 4 members (excludes halogenated alkanes) is 2. The fourth-order valence-electron chi connectivity index (χ4n) is 3.50. The molecule has 0 bridgehead atoms. The summed E-state index contributed by atoms with van der Waals surface area (Å²) in [5, 5.41) is 3.50. The van der Waals surface area contributed by atoms with Crippen molar-refractivity contribution in [3.63, 3.8) is 0 Å². The zero-order valence-electron chi connectivity index (χ0n) is 18.5. The summed E-state index contributed by atoms with van der Waals surface area (Å²) in [6.45, 7) is 5.07. The third-order valence-electron chi connectivity index (χ3n) is 5.27. The van der Waals surface area contributed by atoms with Gasteiger partial charge in [0.2, 0.25) is 0 Å². The Labute approximate surface area is 186 Å². The van der Waals surface area contributed by atoms with Crippen LogP contribution in [0, 0.1) is 6.92 Å². The Balaban J connectivity index is 1.70. The largest absolute Gasteiger partial charge is 0.493 e. The number of carbonyl (C=O) groups is 1. The second-order valence-electron chi connectivity index (χ2n) is 7.38. The maximum Gasteiger partial charge on any atom is 0.262 e. The highest BCUT2D eigenvalue weighted by Gasteiger charge is 2.19. The number of hydrogen-bond acceptors (Lipinski definition) is 6. The summed E-state index contributed by atoms with van der Waals surface area (Å²) >= 11 is 1.27. The molecule has 0 unspecified atom stereocenters. The van der Waals surface area contributed by atoms with Crippen LogP contribution in [0.25, 0.3) is 10.2 Å². The van der Waals surface area contributed by atoms with E-state index in [9.17, 15) is 9.59 Å². The van der Waals surface area contributed by atoms with Crippen molar-refractivity contribution in [3.05, 3.63) is 50.9 Å². The quantitative estimate of drug-likeness (QED) is 0.480. The lowest BCUT2D eigenvalue weighted by Crippen LogP contribution is -2.25. The molecule has 8 heteroatoms. The van der Waals surface area contributed by atoms with Crippen molar-refractivity contribution >= 4 is 27.5 Å².